The molecule has 2 N–H and O–H groups in total. The van der Waals surface area contributed by atoms with Crippen molar-refractivity contribution in [3.05, 3.63) is 24.0 Å². The molecule has 100 valence electrons. The molecular formula is C15H19N3O. The maximum atomic E-state index is 6.39. The van der Waals surface area contributed by atoms with Crippen molar-refractivity contribution >= 4 is 11.0 Å². The highest BCUT2D eigenvalue weighted by Gasteiger charge is 2.36. The summed E-state index contributed by atoms with van der Waals surface area (Å²) >= 11 is 0. The van der Waals surface area contributed by atoms with Crippen LogP contribution < -0.4 is 10.5 Å². The Labute approximate surface area is 112 Å². The molecule has 0 saturated heterocycles. The van der Waals surface area contributed by atoms with Gasteiger partial charge in [-0.05, 0) is 43.7 Å². The number of nitrogens with two attached hydrogens (primary N) is 1. The zero-order valence-corrected chi connectivity index (χ0v) is 11.2. The molecule has 4 nitrogen and oxygen atoms in total. The second-order valence-electron chi connectivity index (χ2n) is 5.79. The minimum absolute atomic E-state index is 0.0963. The van der Waals surface area contributed by atoms with E-state index in [1.165, 1.54) is 31.2 Å². The highest BCUT2D eigenvalue weighted by Crippen LogP contribution is 2.44. The second-order valence-corrected chi connectivity index (χ2v) is 5.79. The van der Waals surface area contributed by atoms with Gasteiger partial charge in [-0.1, -0.05) is 0 Å². The number of aromatic nitrogens is 2. The number of nitrogens with zero attached hydrogens (tertiary/aromatic N) is 2. The van der Waals surface area contributed by atoms with Crippen molar-refractivity contribution in [2.45, 2.75) is 37.8 Å². The minimum Gasteiger partial charge on any atom is -0.497 e. The van der Waals surface area contributed by atoms with E-state index in [2.05, 4.69) is 10.6 Å². The van der Waals surface area contributed by atoms with Crippen molar-refractivity contribution in [2.24, 2.45) is 11.7 Å². The van der Waals surface area contributed by atoms with E-state index >= 15 is 0 Å². The lowest BCUT2D eigenvalue weighted by molar-refractivity contribution is 0.415. The molecule has 2 saturated carbocycles. The summed E-state index contributed by atoms with van der Waals surface area (Å²) in [6.07, 6.45) is 5.00. The zero-order valence-electron chi connectivity index (χ0n) is 11.2. The molecule has 0 bridgehead atoms. The topological polar surface area (TPSA) is 53.1 Å². The number of hydrogen-bond donors (Lipinski definition) is 1. The number of imidazole rings is 1. The van der Waals surface area contributed by atoms with E-state index in [4.69, 9.17) is 15.5 Å². The van der Waals surface area contributed by atoms with Crippen LogP contribution in [0.2, 0.25) is 0 Å². The quantitative estimate of drug-likeness (QED) is 0.916. The maximum absolute atomic E-state index is 6.39. The molecule has 2 aromatic rings. The summed E-state index contributed by atoms with van der Waals surface area (Å²) in [4.78, 5) is 4.80. The van der Waals surface area contributed by atoms with E-state index in [-0.39, 0.29) is 6.04 Å². The molecule has 19 heavy (non-hydrogen) atoms. The molecule has 0 radical (unpaired) electrons. The van der Waals surface area contributed by atoms with Gasteiger partial charge in [-0.25, -0.2) is 4.98 Å². The molecule has 1 unspecified atom stereocenters. The van der Waals surface area contributed by atoms with Gasteiger partial charge in [0.1, 0.15) is 11.6 Å². The van der Waals surface area contributed by atoms with Gasteiger partial charge in [0.15, 0.2) is 0 Å². The first-order valence-electron chi connectivity index (χ1n) is 7.09. The Bertz CT molecular complexity index is 626. The van der Waals surface area contributed by atoms with Crippen molar-refractivity contribution in [1.29, 1.82) is 0 Å². The number of fused-ring (bicyclic) bond motifs is 1. The molecule has 0 aliphatic heterocycles. The molecule has 4 rings (SSSR count). The molecular weight excluding hydrogens is 238 g/mol. The third-order valence-corrected chi connectivity index (χ3v) is 4.26. The molecule has 2 aliphatic carbocycles. The van der Waals surface area contributed by atoms with E-state index in [0.29, 0.717) is 12.0 Å². The lowest BCUT2D eigenvalue weighted by atomic mass is 10.2. The van der Waals surface area contributed by atoms with E-state index in [1.54, 1.807) is 7.11 Å². The van der Waals surface area contributed by atoms with Crippen LogP contribution in [-0.2, 0) is 0 Å². The first-order valence-corrected chi connectivity index (χ1v) is 7.09. The van der Waals surface area contributed by atoms with E-state index in [0.717, 1.165) is 17.1 Å². The molecule has 1 aromatic heterocycles. The summed E-state index contributed by atoms with van der Waals surface area (Å²) in [5.74, 6) is 2.57. The molecule has 4 heteroatoms. The summed E-state index contributed by atoms with van der Waals surface area (Å²) in [6.45, 7) is 0. The zero-order chi connectivity index (χ0) is 13.0. The summed E-state index contributed by atoms with van der Waals surface area (Å²) in [5, 5.41) is 0. The number of hydrogen-bond acceptors (Lipinski definition) is 3. The monoisotopic (exact) mass is 257 g/mol. The average Bonchev–Trinajstić information content (AvgIpc) is 3.32. The smallest absolute Gasteiger partial charge is 0.127 e. The number of ether oxygens (including phenoxy) is 1. The first kappa shape index (κ1) is 11.3. The van der Waals surface area contributed by atoms with Gasteiger partial charge in [-0.3, -0.25) is 0 Å². The SMILES string of the molecule is COc1ccc2c(c1)nc(C(N)C1CC1)n2C1CC1. The second kappa shape index (κ2) is 3.97. The van der Waals surface area contributed by atoms with Crippen molar-refractivity contribution in [1.82, 2.24) is 9.55 Å². The number of rotatable bonds is 4. The first-order chi connectivity index (χ1) is 9.28. The molecule has 1 aromatic carbocycles. The lowest BCUT2D eigenvalue weighted by Crippen LogP contribution is -2.18. The Morgan fingerprint density at radius 1 is 1.32 bits per heavy atom. The van der Waals surface area contributed by atoms with Crippen molar-refractivity contribution in [3.63, 3.8) is 0 Å². The minimum atomic E-state index is 0.0963. The lowest BCUT2D eigenvalue weighted by Gasteiger charge is -2.13. The van der Waals surface area contributed by atoms with E-state index in [9.17, 15) is 0 Å². The third kappa shape index (κ3) is 1.82. The van der Waals surface area contributed by atoms with Gasteiger partial charge < -0.3 is 15.0 Å². The molecule has 0 amide bonds. The fourth-order valence-corrected chi connectivity index (χ4v) is 2.84. The van der Waals surface area contributed by atoms with Gasteiger partial charge in [-0.2, -0.15) is 0 Å². The summed E-state index contributed by atoms with van der Waals surface area (Å²) < 4.78 is 7.66. The van der Waals surface area contributed by atoms with Crippen molar-refractivity contribution in [2.75, 3.05) is 7.11 Å². The van der Waals surface area contributed by atoms with Crippen LogP contribution >= 0.6 is 0 Å². The van der Waals surface area contributed by atoms with Gasteiger partial charge in [0, 0.05) is 12.1 Å². The van der Waals surface area contributed by atoms with Crippen LogP contribution in [0.25, 0.3) is 11.0 Å². The van der Waals surface area contributed by atoms with Crippen LogP contribution in [0.1, 0.15) is 43.6 Å². The highest BCUT2D eigenvalue weighted by atomic mass is 16.5. The Morgan fingerprint density at radius 3 is 2.74 bits per heavy atom. The van der Waals surface area contributed by atoms with Crippen LogP contribution in [0.5, 0.6) is 5.75 Å². The van der Waals surface area contributed by atoms with Gasteiger partial charge in [0.2, 0.25) is 0 Å². The Hall–Kier alpha value is -1.55. The number of benzene rings is 1. The Kier molecular flexibility index (Phi) is 2.36. The molecule has 2 aliphatic rings. The summed E-state index contributed by atoms with van der Waals surface area (Å²) in [5.41, 5.74) is 8.60. The van der Waals surface area contributed by atoms with E-state index in [1.807, 2.05) is 12.1 Å². The van der Waals surface area contributed by atoms with Gasteiger partial charge in [0.05, 0.1) is 24.2 Å². The standard InChI is InChI=1S/C15H19N3O/c1-19-11-6-7-13-12(8-11)17-15(14(16)9-2-3-9)18(13)10-4-5-10/h6-10,14H,2-5,16H2,1H3. The van der Waals surface area contributed by atoms with Gasteiger partial charge in [-0.15, -0.1) is 0 Å². The fourth-order valence-electron chi connectivity index (χ4n) is 2.84. The normalized spacial score (nSPS) is 20.7. The maximum Gasteiger partial charge on any atom is 0.127 e. The van der Waals surface area contributed by atoms with Gasteiger partial charge in [0.25, 0.3) is 0 Å². The van der Waals surface area contributed by atoms with Crippen LogP contribution in [0, 0.1) is 5.92 Å². The summed E-state index contributed by atoms with van der Waals surface area (Å²) in [7, 11) is 1.69. The Balaban J connectivity index is 1.87. The van der Waals surface area contributed by atoms with Gasteiger partial charge >= 0.3 is 0 Å². The fraction of sp³-hybridized carbons (Fsp3) is 0.533. The predicted molar refractivity (Wildman–Crippen MR) is 74.2 cm³/mol. The highest BCUT2D eigenvalue weighted by molar-refractivity contribution is 5.78. The molecule has 1 heterocycles. The average molecular weight is 257 g/mol. The predicted octanol–water partition coefficient (Wildman–Crippen LogP) is 2.79. The largest absolute Gasteiger partial charge is 0.497 e. The number of methoxy groups -OCH3 is 1. The third-order valence-electron chi connectivity index (χ3n) is 4.26. The van der Waals surface area contributed by atoms with Crippen molar-refractivity contribution in [3.8, 4) is 5.75 Å². The van der Waals surface area contributed by atoms with Crippen LogP contribution in [0.3, 0.4) is 0 Å². The molecule has 1 atom stereocenters. The summed E-state index contributed by atoms with van der Waals surface area (Å²) in [6, 6.07) is 6.84. The van der Waals surface area contributed by atoms with E-state index < -0.39 is 0 Å². The molecule has 2 fully saturated rings. The van der Waals surface area contributed by atoms with Crippen LogP contribution in [0.15, 0.2) is 18.2 Å². The van der Waals surface area contributed by atoms with Crippen molar-refractivity contribution < 1.29 is 4.74 Å². The van der Waals surface area contributed by atoms with Crippen LogP contribution in [0.4, 0.5) is 0 Å². The van der Waals surface area contributed by atoms with Crippen LogP contribution in [-0.4, -0.2) is 16.7 Å². The Morgan fingerprint density at radius 2 is 2.11 bits per heavy atom. The molecule has 0 spiro atoms.